The second-order valence-corrected chi connectivity index (χ2v) is 6.67. The molecule has 1 aliphatic heterocycles. The van der Waals surface area contributed by atoms with Gasteiger partial charge in [-0.05, 0) is 18.9 Å². The summed E-state index contributed by atoms with van der Waals surface area (Å²) in [6, 6.07) is 1.48. The van der Waals surface area contributed by atoms with Crippen LogP contribution in [0.3, 0.4) is 0 Å². The van der Waals surface area contributed by atoms with Gasteiger partial charge in [-0.15, -0.1) is 0 Å². The van der Waals surface area contributed by atoms with E-state index in [4.69, 9.17) is 9.47 Å². The highest BCUT2D eigenvalue weighted by Gasteiger charge is 2.50. The third-order valence-electron chi connectivity index (χ3n) is 5.24. The minimum absolute atomic E-state index is 0.274. The van der Waals surface area contributed by atoms with Gasteiger partial charge in [0.05, 0.1) is 43.1 Å². The molecule has 1 aliphatic rings. The van der Waals surface area contributed by atoms with Crippen LogP contribution in [0.2, 0.25) is 0 Å². The van der Waals surface area contributed by atoms with Crippen molar-refractivity contribution in [2.75, 3.05) is 25.2 Å². The summed E-state index contributed by atoms with van der Waals surface area (Å²) in [6.45, 7) is 4.07. The Kier molecular flexibility index (Phi) is 5.90. The number of carbonyl (C=O) groups is 1. The van der Waals surface area contributed by atoms with Gasteiger partial charge in [0.2, 0.25) is 0 Å². The number of alkyl halides is 3. The molecule has 2 aromatic rings. The van der Waals surface area contributed by atoms with Crippen LogP contribution in [0, 0.1) is 0 Å². The highest BCUT2D eigenvalue weighted by molar-refractivity contribution is 6.06. The quantitative estimate of drug-likeness (QED) is 0.724. The molecule has 0 unspecified atom stereocenters. The van der Waals surface area contributed by atoms with Gasteiger partial charge in [0.1, 0.15) is 5.54 Å². The van der Waals surface area contributed by atoms with Crippen molar-refractivity contribution in [3.8, 4) is 0 Å². The van der Waals surface area contributed by atoms with E-state index < -0.39 is 35.2 Å². The number of anilines is 1. The van der Waals surface area contributed by atoms with Gasteiger partial charge >= 0.3 is 6.18 Å². The van der Waals surface area contributed by atoms with Gasteiger partial charge < -0.3 is 14.4 Å². The number of ether oxygens (including phenoxy) is 2. The molecule has 0 radical (unpaired) electrons. The second kappa shape index (κ2) is 8.07. The SMILES string of the molecule is CCC(CC)(C1OCCO1)n1ncc(C(=O)N(C)c2ccnnc2)c1C(F)(F)F. The van der Waals surface area contributed by atoms with Crippen LogP contribution in [0.5, 0.6) is 0 Å². The van der Waals surface area contributed by atoms with E-state index in [0.717, 1.165) is 15.8 Å². The summed E-state index contributed by atoms with van der Waals surface area (Å²) >= 11 is 0. The lowest BCUT2D eigenvalue weighted by Crippen LogP contribution is -2.47. The number of hydrogen-bond donors (Lipinski definition) is 0. The highest BCUT2D eigenvalue weighted by Crippen LogP contribution is 2.41. The zero-order valence-electron chi connectivity index (χ0n) is 16.3. The van der Waals surface area contributed by atoms with Crippen molar-refractivity contribution in [1.82, 2.24) is 20.0 Å². The molecule has 2 aromatic heterocycles. The van der Waals surface area contributed by atoms with Crippen LogP contribution in [-0.4, -0.2) is 52.4 Å². The van der Waals surface area contributed by atoms with Gasteiger partial charge in [-0.3, -0.25) is 4.79 Å². The molecule has 158 valence electrons. The molecule has 0 spiro atoms. The average molecular weight is 413 g/mol. The fraction of sp³-hybridized carbons (Fsp3) is 0.556. The summed E-state index contributed by atoms with van der Waals surface area (Å²) in [5, 5.41) is 11.3. The molecule has 11 heteroatoms. The molecule has 1 amide bonds. The van der Waals surface area contributed by atoms with Crippen molar-refractivity contribution < 1.29 is 27.4 Å². The normalized spacial score (nSPS) is 15.7. The van der Waals surface area contributed by atoms with E-state index in [-0.39, 0.29) is 12.8 Å². The van der Waals surface area contributed by atoms with E-state index in [2.05, 4.69) is 15.3 Å². The van der Waals surface area contributed by atoms with Crippen LogP contribution in [0.1, 0.15) is 42.7 Å². The molecule has 3 heterocycles. The van der Waals surface area contributed by atoms with Gasteiger partial charge in [0.15, 0.2) is 12.0 Å². The molecule has 0 saturated carbocycles. The van der Waals surface area contributed by atoms with Gasteiger partial charge in [0.25, 0.3) is 5.91 Å². The molecule has 0 aliphatic carbocycles. The van der Waals surface area contributed by atoms with Crippen molar-refractivity contribution in [2.24, 2.45) is 0 Å². The van der Waals surface area contributed by atoms with Crippen LogP contribution < -0.4 is 4.90 Å². The first-order chi connectivity index (χ1) is 13.8. The Bertz CT molecular complexity index is 846. The Hall–Kier alpha value is -2.53. The number of aromatic nitrogens is 4. The molecule has 0 aromatic carbocycles. The number of rotatable bonds is 6. The largest absolute Gasteiger partial charge is 0.433 e. The Labute approximate surface area is 165 Å². The third-order valence-corrected chi connectivity index (χ3v) is 5.24. The van der Waals surface area contributed by atoms with E-state index in [9.17, 15) is 18.0 Å². The van der Waals surface area contributed by atoms with E-state index in [1.54, 1.807) is 13.8 Å². The lowest BCUT2D eigenvalue weighted by Gasteiger charge is -2.37. The number of carbonyl (C=O) groups excluding carboxylic acids is 1. The Morgan fingerprint density at radius 1 is 1.21 bits per heavy atom. The maximum Gasteiger partial charge on any atom is 0.433 e. The molecule has 1 saturated heterocycles. The summed E-state index contributed by atoms with van der Waals surface area (Å²) in [6.07, 6.45) is -1.56. The topological polar surface area (TPSA) is 82.4 Å². The van der Waals surface area contributed by atoms with Crippen LogP contribution in [-0.2, 0) is 21.2 Å². The second-order valence-electron chi connectivity index (χ2n) is 6.67. The molecule has 8 nitrogen and oxygen atoms in total. The maximum absolute atomic E-state index is 14.1. The number of halogens is 3. The lowest BCUT2D eigenvalue weighted by molar-refractivity contribution is -0.164. The molecular weight excluding hydrogens is 391 g/mol. The van der Waals surface area contributed by atoms with Gasteiger partial charge in [-0.2, -0.15) is 28.5 Å². The van der Waals surface area contributed by atoms with Crippen molar-refractivity contribution in [1.29, 1.82) is 0 Å². The van der Waals surface area contributed by atoms with Gasteiger partial charge in [0, 0.05) is 7.05 Å². The standard InChI is InChI=1S/C18H22F3N5O3/c1-4-17(5-2,16-28-8-9-29-16)26-14(18(19,20)21)13(11-24-26)15(27)25(3)12-6-7-22-23-10-12/h6-7,10-11,16H,4-5,8-9H2,1-3H3. The average Bonchev–Trinajstić information content (AvgIpc) is 3.40. The predicted octanol–water partition coefficient (Wildman–Crippen LogP) is 2.86. The molecule has 3 rings (SSSR count). The summed E-state index contributed by atoms with van der Waals surface area (Å²) in [5.74, 6) is -0.856. The van der Waals surface area contributed by atoms with Crippen LogP contribution >= 0.6 is 0 Å². The Morgan fingerprint density at radius 2 is 1.86 bits per heavy atom. The predicted molar refractivity (Wildman–Crippen MR) is 96.2 cm³/mol. The zero-order chi connectivity index (χ0) is 21.2. The van der Waals surface area contributed by atoms with E-state index in [1.165, 1.54) is 25.5 Å². The monoisotopic (exact) mass is 413 g/mol. The summed E-state index contributed by atoms with van der Waals surface area (Å²) in [4.78, 5) is 14.0. The van der Waals surface area contributed by atoms with Crippen LogP contribution in [0.25, 0.3) is 0 Å². The van der Waals surface area contributed by atoms with Gasteiger partial charge in [-0.1, -0.05) is 13.8 Å². The van der Waals surface area contributed by atoms with E-state index in [1.807, 2.05) is 0 Å². The summed E-state index contributed by atoms with van der Waals surface area (Å²) in [5.41, 5.74) is -2.57. The zero-order valence-corrected chi connectivity index (χ0v) is 16.3. The van der Waals surface area contributed by atoms with Crippen LogP contribution in [0.4, 0.5) is 18.9 Å². The number of amides is 1. The minimum Gasteiger partial charge on any atom is -0.348 e. The Balaban J connectivity index is 2.11. The number of nitrogens with zero attached hydrogens (tertiary/aromatic N) is 5. The highest BCUT2D eigenvalue weighted by atomic mass is 19.4. The molecular formula is C18H22F3N5O3. The van der Waals surface area contributed by atoms with E-state index >= 15 is 0 Å². The van der Waals surface area contributed by atoms with Crippen molar-refractivity contribution >= 4 is 11.6 Å². The molecule has 1 fully saturated rings. The first-order valence-corrected chi connectivity index (χ1v) is 9.20. The fourth-order valence-electron chi connectivity index (χ4n) is 3.55. The Morgan fingerprint density at radius 3 is 2.38 bits per heavy atom. The number of hydrogen-bond acceptors (Lipinski definition) is 6. The van der Waals surface area contributed by atoms with Crippen molar-refractivity contribution in [2.45, 2.75) is 44.7 Å². The van der Waals surface area contributed by atoms with Crippen molar-refractivity contribution in [3.05, 3.63) is 35.9 Å². The molecule has 0 N–H and O–H groups in total. The van der Waals surface area contributed by atoms with Crippen LogP contribution in [0.15, 0.2) is 24.7 Å². The molecule has 0 atom stereocenters. The summed E-state index contributed by atoms with van der Waals surface area (Å²) < 4.78 is 54.3. The van der Waals surface area contributed by atoms with Crippen molar-refractivity contribution in [3.63, 3.8) is 0 Å². The first-order valence-electron chi connectivity index (χ1n) is 9.20. The maximum atomic E-state index is 14.1. The third kappa shape index (κ3) is 3.71. The smallest absolute Gasteiger partial charge is 0.348 e. The minimum atomic E-state index is -4.81. The first kappa shape index (κ1) is 21.2. The lowest BCUT2D eigenvalue weighted by atomic mass is 9.91. The molecule has 0 bridgehead atoms. The fourth-order valence-corrected chi connectivity index (χ4v) is 3.55. The molecule has 29 heavy (non-hydrogen) atoms. The van der Waals surface area contributed by atoms with Gasteiger partial charge in [-0.25, -0.2) is 4.68 Å². The summed E-state index contributed by atoms with van der Waals surface area (Å²) in [7, 11) is 1.37. The van der Waals surface area contributed by atoms with E-state index in [0.29, 0.717) is 18.9 Å².